The monoisotopic (exact) mass is 292 g/mol. The molecule has 1 rings (SSSR count). The molecule has 0 saturated carbocycles. The number of nitrogens with one attached hydrogen (secondary N) is 1. The Morgan fingerprint density at radius 3 is 2.29 bits per heavy atom. The third-order valence-corrected chi connectivity index (χ3v) is 3.22. The van der Waals surface area contributed by atoms with Crippen molar-refractivity contribution in [1.82, 2.24) is 10.2 Å². The highest BCUT2D eigenvalue weighted by molar-refractivity contribution is 5.88. The standard InChI is InChI=1S/C15H20N2O4/c1-10(14(19)16-2)9-17(3)13(18)8-11-4-6-12(7-5-11)15(20)21/h4-7,10H,8-9H2,1-3H3,(H,16,19)(H,20,21). The average molecular weight is 292 g/mol. The van der Waals surface area contributed by atoms with Crippen molar-refractivity contribution < 1.29 is 19.5 Å². The van der Waals surface area contributed by atoms with Gasteiger partial charge in [0.2, 0.25) is 11.8 Å². The quantitative estimate of drug-likeness (QED) is 0.810. The van der Waals surface area contributed by atoms with Gasteiger partial charge in [0.25, 0.3) is 0 Å². The van der Waals surface area contributed by atoms with Gasteiger partial charge in [0.15, 0.2) is 0 Å². The van der Waals surface area contributed by atoms with Gasteiger partial charge in [-0.25, -0.2) is 4.79 Å². The summed E-state index contributed by atoms with van der Waals surface area (Å²) < 4.78 is 0. The molecule has 2 amide bonds. The van der Waals surface area contributed by atoms with Crippen molar-refractivity contribution in [1.29, 1.82) is 0 Å². The SMILES string of the molecule is CNC(=O)C(C)CN(C)C(=O)Cc1ccc(C(=O)O)cc1. The van der Waals surface area contributed by atoms with Crippen LogP contribution in [0.15, 0.2) is 24.3 Å². The molecular weight excluding hydrogens is 272 g/mol. The van der Waals surface area contributed by atoms with E-state index in [0.717, 1.165) is 5.56 Å². The van der Waals surface area contributed by atoms with Crippen LogP contribution in [0.2, 0.25) is 0 Å². The van der Waals surface area contributed by atoms with Crippen LogP contribution >= 0.6 is 0 Å². The van der Waals surface area contributed by atoms with Crippen molar-refractivity contribution in [3.05, 3.63) is 35.4 Å². The largest absolute Gasteiger partial charge is 0.478 e. The molecule has 0 saturated heterocycles. The summed E-state index contributed by atoms with van der Waals surface area (Å²) in [6.07, 6.45) is 0.177. The number of carbonyl (C=O) groups excluding carboxylic acids is 2. The Hall–Kier alpha value is -2.37. The van der Waals surface area contributed by atoms with Gasteiger partial charge in [-0.05, 0) is 17.7 Å². The van der Waals surface area contributed by atoms with E-state index in [0.29, 0.717) is 6.54 Å². The van der Waals surface area contributed by atoms with E-state index in [1.165, 1.54) is 17.0 Å². The number of rotatable bonds is 6. The summed E-state index contributed by atoms with van der Waals surface area (Å²) in [5.74, 6) is -1.50. The molecule has 1 aromatic carbocycles. The van der Waals surface area contributed by atoms with E-state index in [1.54, 1.807) is 33.2 Å². The maximum atomic E-state index is 12.1. The van der Waals surface area contributed by atoms with E-state index >= 15 is 0 Å². The van der Waals surface area contributed by atoms with Gasteiger partial charge in [-0.2, -0.15) is 0 Å². The minimum absolute atomic E-state index is 0.111. The van der Waals surface area contributed by atoms with Crippen LogP contribution in [-0.4, -0.2) is 48.4 Å². The summed E-state index contributed by atoms with van der Waals surface area (Å²) in [5.41, 5.74) is 0.928. The van der Waals surface area contributed by atoms with Crippen LogP contribution in [0.25, 0.3) is 0 Å². The van der Waals surface area contributed by atoms with Crippen LogP contribution in [0.1, 0.15) is 22.8 Å². The lowest BCUT2D eigenvalue weighted by Crippen LogP contribution is -2.37. The molecule has 2 N–H and O–H groups in total. The fraction of sp³-hybridized carbons (Fsp3) is 0.400. The number of carboxylic acids is 1. The van der Waals surface area contributed by atoms with E-state index < -0.39 is 5.97 Å². The van der Waals surface area contributed by atoms with Crippen LogP contribution in [0.4, 0.5) is 0 Å². The van der Waals surface area contributed by atoms with Crippen LogP contribution in [0.5, 0.6) is 0 Å². The van der Waals surface area contributed by atoms with Gasteiger partial charge in [0, 0.05) is 20.6 Å². The molecular formula is C15H20N2O4. The summed E-state index contributed by atoms with van der Waals surface area (Å²) in [6, 6.07) is 6.19. The summed E-state index contributed by atoms with van der Waals surface area (Å²) in [5, 5.41) is 11.4. The summed E-state index contributed by atoms with van der Waals surface area (Å²) in [6.45, 7) is 2.09. The first-order valence-corrected chi connectivity index (χ1v) is 6.63. The Kier molecular flexibility index (Phi) is 5.90. The molecule has 0 radical (unpaired) electrons. The van der Waals surface area contributed by atoms with Crippen LogP contribution in [-0.2, 0) is 16.0 Å². The molecule has 0 spiro atoms. The topological polar surface area (TPSA) is 86.7 Å². The fourth-order valence-electron chi connectivity index (χ4n) is 1.92. The lowest BCUT2D eigenvalue weighted by Gasteiger charge is -2.20. The van der Waals surface area contributed by atoms with Gasteiger partial charge >= 0.3 is 5.97 Å². The van der Waals surface area contributed by atoms with Gasteiger partial charge in [-0.1, -0.05) is 19.1 Å². The molecule has 0 aliphatic rings. The average Bonchev–Trinajstić information content (AvgIpc) is 2.46. The van der Waals surface area contributed by atoms with Crippen molar-refractivity contribution in [2.24, 2.45) is 5.92 Å². The normalized spacial score (nSPS) is 11.6. The Labute approximate surface area is 123 Å². The van der Waals surface area contributed by atoms with E-state index in [2.05, 4.69) is 5.32 Å². The Bertz CT molecular complexity index is 525. The number of hydrogen-bond acceptors (Lipinski definition) is 3. The molecule has 21 heavy (non-hydrogen) atoms. The first-order valence-electron chi connectivity index (χ1n) is 6.63. The highest BCUT2D eigenvalue weighted by Gasteiger charge is 2.17. The first-order chi connectivity index (χ1) is 9.85. The predicted octanol–water partition coefficient (Wildman–Crippen LogP) is 0.768. The zero-order valence-electron chi connectivity index (χ0n) is 12.4. The second kappa shape index (κ2) is 7.42. The minimum atomic E-state index is -0.996. The number of carboxylic acid groups (broad SMARTS) is 1. The second-order valence-electron chi connectivity index (χ2n) is 4.97. The third-order valence-electron chi connectivity index (χ3n) is 3.22. The first kappa shape index (κ1) is 16.7. The van der Waals surface area contributed by atoms with Crippen LogP contribution in [0, 0.1) is 5.92 Å². The molecule has 0 fully saturated rings. The zero-order chi connectivity index (χ0) is 16.0. The van der Waals surface area contributed by atoms with E-state index in [-0.39, 0.29) is 29.7 Å². The van der Waals surface area contributed by atoms with Crippen molar-refractivity contribution in [3.63, 3.8) is 0 Å². The molecule has 114 valence electrons. The molecule has 1 aromatic rings. The summed E-state index contributed by atoms with van der Waals surface area (Å²) in [7, 11) is 3.21. The Morgan fingerprint density at radius 1 is 1.24 bits per heavy atom. The lowest BCUT2D eigenvalue weighted by molar-refractivity contribution is -0.131. The number of aromatic carboxylic acids is 1. The van der Waals surface area contributed by atoms with Crippen molar-refractivity contribution in [2.45, 2.75) is 13.3 Å². The number of nitrogens with zero attached hydrogens (tertiary/aromatic N) is 1. The summed E-state index contributed by atoms with van der Waals surface area (Å²) in [4.78, 5) is 35.7. The Morgan fingerprint density at radius 2 is 1.81 bits per heavy atom. The third kappa shape index (κ3) is 4.91. The van der Waals surface area contributed by atoms with Crippen molar-refractivity contribution >= 4 is 17.8 Å². The number of amides is 2. The van der Waals surface area contributed by atoms with Crippen molar-refractivity contribution in [2.75, 3.05) is 20.6 Å². The maximum absolute atomic E-state index is 12.1. The lowest BCUT2D eigenvalue weighted by atomic mass is 10.1. The zero-order valence-corrected chi connectivity index (χ0v) is 12.4. The van der Waals surface area contributed by atoms with Gasteiger partial charge in [-0.15, -0.1) is 0 Å². The maximum Gasteiger partial charge on any atom is 0.335 e. The highest BCUT2D eigenvalue weighted by atomic mass is 16.4. The fourth-order valence-corrected chi connectivity index (χ4v) is 1.92. The Balaban J connectivity index is 2.59. The number of benzene rings is 1. The molecule has 0 heterocycles. The van der Waals surface area contributed by atoms with Crippen LogP contribution < -0.4 is 5.32 Å². The predicted molar refractivity (Wildman–Crippen MR) is 78.0 cm³/mol. The van der Waals surface area contributed by atoms with Crippen LogP contribution in [0.3, 0.4) is 0 Å². The number of carbonyl (C=O) groups is 3. The van der Waals surface area contributed by atoms with E-state index in [9.17, 15) is 14.4 Å². The molecule has 0 aliphatic carbocycles. The number of hydrogen-bond donors (Lipinski definition) is 2. The summed E-state index contributed by atoms with van der Waals surface area (Å²) >= 11 is 0. The second-order valence-corrected chi connectivity index (χ2v) is 4.97. The molecule has 0 aliphatic heterocycles. The van der Waals surface area contributed by atoms with Gasteiger partial charge < -0.3 is 15.3 Å². The molecule has 1 atom stereocenters. The van der Waals surface area contributed by atoms with Gasteiger partial charge in [-0.3, -0.25) is 9.59 Å². The smallest absolute Gasteiger partial charge is 0.335 e. The van der Waals surface area contributed by atoms with Gasteiger partial charge in [0.05, 0.1) is 17.9 Å². The molecule has 0 aromatic heterocycles. The molecule has 6 heteroatoms. The van der Waals surface area contributed by atoms with E-state index in [4.69, 9.17) is 5.11 Å². The molecule has 6 nitrogen and oxygen atoms in total. The highest BCUT2D eigenvalue weighted by Crippen LogP contribution is 2.07. The minimum Gasteiger partial charge on any atom is -0.478 e. The number of likely N-dealkylation sites (N-methyl/N-ethyl adjacent to an activating group) is 1. The van der Waals surface area contributed by atoms with Gasteiger partial charge in [0.1, 0.15) is 0 Å². The molecule has 0 bridgehead atoms. The van der Waals surface area contributed by atoms with E-state index in [1.807, 2.05) is 0 Å². The van der Waals surface area contributed by atoms with Crippen molar-refractivity contribution in [3.8, 4) is 0 Å². The molecule has 1 unspecified atom stereocenters.